The molecule has 21 heavy (non-hydrogen) atoms. The molecule has 1 saturated heterocycles. The molecule has 1 aromatic carbocycles. The van der Waals surface area contributed by atoms with E-state index >= 15 is 0 Å². The summed E-state index contributed by atoms with van der Waals surface area (Å²) in [5.41, 5.74) is 7.21. The Hall–Kier alpha value is -1.59. The minimum absolute atomic E-state index is 0.0790. The number of benzene rings is 1. The SMILES string of the molecule is CC(O)C1CCN(CC(=O)N(C)c2ccc(N)cc2)CC1. The second-order valence-corrected chi connectivity index (χ2v) is 5.90. The number of carbonyl (C=O) groups excluding carboxylic acids is 1. The number of aliphatic hydroxyl groups excluding tert-OH is 1. The van der Waals surface area contributed by atoms with Crippen molar-refractivity contribution >= 4 is 17.3 Å². The van der Waals surface area contributed by atoms with Crippen LogP contribution in [-0.4, -0.2) is 48.7 Å². The molecular weight excluding hydrogens is 266 g/mol. The van der Waals surface area contributed by atoms with Gasteiger partial charge in [0.2, 0.25) is 5.91 Å². The molecule has 1 heterocycles. The first-order chi connectivity index (χ1) is 9.97. The maximum atomic E-state index is 12.3. The van der Waals surface area contributed by atoms with Gasteiger partial charge < -0.3 is 15.7 Å². The lowest BCUT2D eigenvalue weighted by atomic mass is 9.92. The molecule has 2 rings (SSSR count). The number of hydrogen-bond acceptors (Lipinski definition) is 4. The third-order valence-electron chi connectivity index (χ3n) is 4.33. The van der Waals surface area contributed by atoms with Gasteiger partial charge in [-0.2, -0.15) is 0 Å². The molecule has 0 aromatic heterocycles. The smallest absolute Gasteiger partial charge is 0.240 e. The average molecular weight is 291 g/mol. The zero-order chi connectivity index (χ0) is 15.4. The molecule has 0 radical (unpaired) electrons. The van der Waals surface area contributed by atoms with E-state index in [1.54, 1.807) is 24.1 Å². The van der Waals surface area contributed by atoms with E-state index in [4.69, 9.17) is 5.73 Å². The van der Waals surface area contributed by atoms with Crippen molar-refractivity contribution in [3.05, 3.63) is 24.3 Å². The monoisotopic (exact) mass is 291 g/mol. The van der Waals surface area contributed by atoms with Crippen LogP contribution in [-0.2, 0) is 4.79 Å². The molecule has 1 aliphatic heterocycles. The van der Waals surface area contributed by atoms with Gasteiger partial charge in [0.05, 0.1) is 12.6 Å². The minimum Gasteiger partial charge on any atom is -0.399 e. The van der Waals surface area contributed by atoms with Crippen molar-refractivity contribution in [1.82, 2.24) is 4.90 Å². The second-order valence-electron chi connectivity index (χ2n) is 5.90. The molecule has 1 aliphatic rings. The highest BCUT2D eigenvalue weighted by molar-refractivity contribution is 5.94. The quantitative estimate of drug-likeness (QED) is 0.821. The van der Waals surface area contributed by atoms with Gasteiger partial charge in [0.25, 0.3) is 0 Å². The minimum atomic E-state index is -0.250. The highest BCUT2D eigenvalue weighted by atomic mass is 16.3. The van der Waals surface area contributed by atoms with Crippen LogP contribution in [0.3, 0.4) is 0 Å². The lowest BCUT2D eigenvalue weighted by Crippen LogP contribution is -2.43. The summed E-state index contributed by atoms with van der Waals surface area (Å²) >= 11 is 0. The van der Waals surface area contributed by atoms with Crippen molar-refractivity contribution in [3.63, 3.8) is 0 Å². The number of nitrogens with two attached hydrogens (primary N) is 1. The van der Waals surface area contributed by atoms with Crippen molar-refractivity contribution < 1.29 is 9.90 Å². The number of hydrogen-bond donors (Lipinski definition) is 2. The van der Waals surface area contributed by atoms with Crippen LogP contribution in [0, 0.1) is 5.92 Å². The van der Waals surface area contributed by atoms with Crippen molar-refractivity contribution in [3.8, 4) is 0 Å². The van der Waals surface area contributed by atoms with E-state index < -0.39 is 0 Å². The van der Waals surface area contributed by atoms with Crippen LogP contribution in [0.2, 0.25) is 0 Å². The van der Waals surface area contributed by atoms with Crippen molar-refractivity contribution in [2.45, 2.75) is 25.9 Å². The molecule has 1 atom stereocenters. The normalized spacial score (nSPS) is 18.4. The first-order valence-corrected chi connectivity index (χ1v) is 7.50. The van der Waals surface area contributed by atoms with Gasteiger partial charge in [0.15, 0.2) is 0 Å². The summed E-state index contributed by atoms with van der Waals surface area (Å²) in [4.78, 5) is 16.1. The number of nitrogens with zero attached hydrogens (tertiary/aromatic N) is 2. The fraction of sp³-hybridized carbons (Fsp3) is 0.562. The fourth-order valence-electron chi connectivity index (χ4n) is 2.73. The van der Waals surface area contributed by atoms with E-state index in [0.717, 1.165) is 31.6 Å². The maximum absolute atomic E-state index is 12.3. The highest BCUT2D eigenvalue weighted by Crippen LogP contribution is 2.21. The number of carbonyl (C=O) groups is 1. The summed E-state index contributed by atoms with van der Waals surface area (Å²) in [5.74, 6) is 0.446. The van der Waals surface area contributed by atoms with Gasteiger partial charge in [-0.25, -0.2) is 0 Å². The Morgan fingerprint density at radius 3 is 2.48 bits per heavy atom. The first kappa shape index (κ1) is 15.8. The zero-order valence-electron chi connectivity index (χ0n) is 12.8. The average Bonchev–Trinajstić information content (AvgIpc) is 2.47. The third-order valence-corrected chi connectivity index (χ3v) is 4.33. The van der Waals surface area contributed by atoms with Crippen LogP contribution in [0.25, 0.3) is 0 Å². The summed E-state index contributed by atoms with van der Waals surface area (Å²) in [5, 5.41) is 9.60. The van der Waals surface area contributed by atoms with Gasteiger partial charge in [-0.05, 0) is 63.0 Å². The number of aliphatic hydroxyl groups is 1. The Morgan fingerprint density at radius 1 is 1.38 bits per heavy atom. The summed E-state index contributed by atoms with van der Waals surface area (Å²) in [6, 6.07) is 7.31. The summed E-state index contributed by atoms with van der Waals surface area (Å²) in [6.45, 7) is 4.02. The Morgan fingerprint density at radius 2 is 1.95 bits per heavy atom. The lowest BCUT2D eigenvalue weighted by molar-refractivity contribution is -0.119. The molecule has 1 aromatic rings. The summed E-state index contributed by atoms with van der Waals surface area (Å²) < 4.78 is 0. The molecule has 0 saturated carbocycles. The fourth-order valence-corrected chi connectivity index (χ4v) is 2.73. The molecule has 3 N–H and O–H groups in total. The molecule has 1 amide bonds. The predicted octanol–water partition coefficient (Wildman–Crippen LogP) is 1.32. The second kappa shape index (κ2) is 6.91. The van der Waals surface area contributed by atoms with E-state index in [-0.39, 0.29) is 12.0 Å². The summed E-state index contributed by atoms with van der Waals surface area (Å²) in [6.07, 6.45) is 1.66. The van der Waals surface area contributed by atoms with E-state index in [9.17, 15) is 9.90 Å². The molecule has 0 spiro atoms. The molecule has 116 valence electrons. The number of nitrogen functional groups attached to an aromatic ring is 1. The van der Waals surface area contributed by atoms with E-state index in [1.165, 1.54) is 0 Å². The number of amides is 1. The molecule has 0 aliphatic carbocycles. The van der Waals surface area contributed by atoms with Crippen LogP contribution in [0.1, 0.15) is 19.8 Å². The standard InChI is InChI=1S/C16H25N3O2/c1-12(20)13-7-9-19(10-8-13)11-16(21)18(2)15-5-3-14(17)4-6-15/h3-6,12-13,20H,7-11,17H2,1-2H3. The molecule has 0 bridgehead atoms. The number of rotatable bonds is 4. The van der Waals surface area contributed by atoms with Gasteiger partial charge in [0.1, 0.15) is 0 Å². The largest absolute Gasteiger partial charge is 0.399 e. The Balaban J connectivity index is 1.86. The topological polar surface area (TPSA) is 69.8 Å². The number of piperidine rings is 1. The third kappa shape index (κ3) is 4.19. The van der Waals surface area contributed by atoms with Gasteiger partial charge in [0, 0.05) is 18.4 Å². The van der Waals surface area contributed by atoms with Gasteiger partial charge in [-0.1, -0.05) is 0 Å². The molecule has 5 heteroatoms. The van der Waals surface area contributed by atoms with Gasteiger partial charge >= 0.3 is 0 Å². The van der Waals surface area contributed by atoms with Crippen LogP contribution in [0.5, 0.6) is 0 Å². The molecule has 1 fully saturated rings. The lowest BCUT2D eigenvalue weighted by Gasteiger charge is -2.33. The van der Waals surface area contributed by atoms with Crippen LogP contribution < -0.4 is 10.6 Å². The van der Waals surface area contributed by atoms with Gasteiger partial charge in [-0.3, -0.25) is 9.69 Å². The Bertz CT molecular complexity index is 465. The molecular formula is C16H25N3O2. The number of likely N-dealkylation sites (N-methyl/N-ethyl adjacent to an activating group) is 1. The first-order valence-electron chi connectivity index (χ1n) is 7.50. The molecule has 5 nitrogen and oxygen atoms in total. The number of likely N-dealkylation sites (tertiary alicyclic amines) is 1. The summed E-state index contributed by atoms with van der Waals surface area (Å²) in [7, 11) is 1.79. The van der Waals surface area contributed by atoms with Crippen molar-refractivity contribution in [1.29, 1.82) is 0 Å². The predicted molar refractivity (Wildman–Crippen MR) is 85.1 cm³/mol. The van der Waals surface area contributed by atoms with Crippen LogP contribution in [0.4, 0.5) is 11.4 Å². The van der Waals surface area contributed by atoms with E-state index in [2.05, 4.69) is 4.90 Å². The maximum Gasteiger partial charge on any atom is 0.240 e. The van der Waals surface area contributed by atoms with Crippen LogP contribution >= 0.6 is 0 Å². The zero-order valence-corrected chi connectivity index (χ0v) is 12.8. The van der Waals surface area contributed by atoms with E-state index in [1.807, 2.05) is 19.1 Å². The Kier molecular flexibility index (Phi) is 5.20. The van der Waals surface area contributed by atoms with Crippen LogP contribution in [0.15, 0.2) is 24.3 Å². The van der Waals surface area contributed by atoms with E-state index in [0.29, 0.717) is 18.2 Å². The number of anilines is 2. The highest BCUT2D eigenvalue weighted by Gasteiger charge is 2.24. The Labute approximate surface area is 126 Å². The van der Waals surface area contributed by atoms with Crippen molar-refractivity contribution in [2.75, 3.05) is 37.3 Å². The van der Waals surface area contributed by atoms with Gasteiger partial charge in [-0.15, -0.1) is 0 Å². The molecule has 1 unspecified atom stereocenters. The van der Waals surface area contributed by atoms with Crippen molar-refractivity contribution in [2.24, 2.45) is 5.92 Å².